The molecule has 0 spiro atoms. The zero-order valence-corrected chi connectivity index (χ0v) is 18.7. The van der Waals surface area contributed by atoms with Gasteiger partial charge in [0.2, 0.25) is 0 Å². The van der Waals surface area contributed by atoms with Gasteiger partial charge in [0.1, 0.15) is 5.69 Å². The van der Waals surface area contributed by atoms with Gasteiger partial charge in [-0.25, -0.2) is 9.48 Å². The molecule has 2 heterocycles. The fourth-order valence-corrected chi connectivity index (χ4v) is 4.35. The Hall–Kier alpha value is -2.84. The second kappa shape index (κ2) is 9.77. The summed E-state index contributed by atoms with van der Waals surface area (Å²) in [5, 5.41) is 9.87. The highest BCUT2D eigenvalue weighted by Crippen LogP contribution is 2.22. The summed E-state index contributed by atoms with van der Waals surface area (Å²) < 4.78 is 3.30. The van der Waals surface area contributed by atoms with Crippen molar-refractivity contribution in [2.24, 2.45) is 7.05 Å². The lowest BCUT2D eigenvalue weighted by molar-refractivity contribution is 0.210. The number of nitrogens with zero attached hydrogens (tertiary/aromatic N) is 3. The smallest absolute Gasteiger partial charge is 0.319 e. The maximum atomic E-state index is 13.0. The van der Waals surface area contributed by atoms with Crippen LogP contribution in [0, 0.1) is 6.92 Å². The molecular formula is C22H29N5O2S. The first-order valence-electron chi connectivity index (χ1n) is 10.1. The molecule has 160 valence electrons. The summed E-state index contributed by atoms with van der Waals surface area (Å²) in [5.74, 6) is 0. The van der Waals surface area contributed by atoms with Crippen molar-refractivity contribution in [3.8, 4) is 5.69 Å². The lowest BCUT2D eigenvalue weighted by atomic mass is 10.1. The highest BCUT2D eigenvalue weighted by atomic mass is 32.1. The molecule has 0 fully saturated rings. The lowest BCUT2D eigenvalue weighted by Gasteiger charge is -2.29. The fraction of sp³-hybridized carbons (Fsp3) is 0.364. The normalized spacial score (nSPS) is 12.2. The maximum Gasteiger partial charge on any atom is 0.319 e. The van der Waals surface area contributed by atoms with Crippen molar-refractivity contribution in [3.05, 3.63) is 68.8 Å². The highest BCUT2D eigenvalue weighted by molar-refractivity contribution is 7.07. The van der Waals surface area contributed by atoms with Gasteiger partial charge in [0.15, 0.2) is 0 Å². The van der Waals surface area contributed by atoms with Crippen LogP contribution < -0.4 is 16.2 Å². The summed E-state index contributed by atoms with van der Waals surface area (Å²) in [7, 11) is 1.81. The van der Waals surface area contributed by atoms with Gasteiger partial charge in [-0.1, -0.05) is 32.0 Å². The summed E-state index contributed by atoms with van der Waals surface area (Å²) in [6.45, 7) is 8.29. The van der Waals surface area contributed by atoms with Gasteiger partial charge in [0.25, 0.3) is 5.56 Å². The first-order chi connectivity index (χ1) is 14.5. The second-order valence-corrected chi connectivity index (χ2v) is 7.85. The molecule has 1 unspecified atom stereocenters. The molecule has 0 aliphatic carbocycles. The van der Waals surface area contributed by atoms with E-state index in [1.807, 2.05) is 42.6 Å². The number of para-hydroxylation sites is 1. The summed E-state index contributed by atoms with van der Waals surface area (Å²) in [6, 6.07) is 11.2. The average molecular weight is 428 g/mol. The van der Waals surface area contributed by atoms with Crippen LogP contribution in [0.2, 0.25) is 0 Å². The van der Waals surface area contributed by atoms with Crippen LogP contribution in [0.4, 0.5) is 10.5 Å². The SMILES string of the molecule is CCN(CC)C(CNC(=O)Nc1c(C)n(C)n(-c2ccccc2)c1=O)c1ccsc1. The van der Waals surface area contributed by atoms with Gasteiger partial charge in [0, 0.05) is 13.6 Å². The Balaban J connectivity index is 1.76. The number of thiophene rings is 1. The molecule has 3 rings (SSSR count). The number of nitrogens with one attached hydrogen (secondary N) is 2. The van der Waals surface area contributed by atoms with Crippen LogP contribution in [0.1, 0.15) is 31.1 Å². The average Bonchev–Trinajstić information content (AvgIpc) is 3.35. The van der Waals surface area contributed by atoms with Crippen LogP contribution in [-0.4, -0.2) is 39.9 Å². The lowest BCUT2D eigenvalue weighted by Crippen LogP contribution is -2.40. The number of benzene rings is 1. The van der Waals surface area contributed by atoms with E-state index in [1.165, 1.54) is 5.56 Å². The minimum Gasteiger partial charge on any atom is -0.336 e. The molecule has 1 atom stereocenters. The third-order valence-electron chi connectivity index (χ3n) is 5.43. The van der Waals surface area contributed by atoms with Crippen LogP contribution in [0.5, 0.6) is 0 Å². The van der Waals surface area contributed by atoms with E-state index in [2.05, 4.69) is 40.8 Å². The Labute approximate surface area is 180 Å². The monoisotopic (exact) mass is 427 g/mol. The van der Waals surface area contributed by atoms with Gasteiger partial charge in [-0.15, -0.1) is 0 Å². The summed E-state index contributed by atoms with van der Waals surface area (Å²) in [4.78, 5) is 27.9. The highest BCUT2D eigenvalue weighted by Gasteiger charge is 2.21. The Morgan fingerprint density at radius 3 is 2.47 bits per heavy atom. The molecule has 3 aromatic rings. The van der Waals surface area contributed by atoms with Gasteiger partial charge in [-0.2, -0.15) is 11.3 Å². The minimum absolute atomic E-state index is 0.0925. The van der Waals surface area contributed by atoms with E-state index in [0.717, 1.165) is 18.8 Å². The molecule has 1 aromatic carbocycles. The van der Waals surface area contributed by atoms with Crippen molar-refractivity contribution in [1.82, 2.24) is 19.6 Å². The summed E-state index contributed by atoms with van der Waals surface area (Å²) >= 11 is 1.65. The van der Waals surface area contributed by atoms with Crippen LogP contribution >= 0.6 is 11.3 Å². The number of hydrogen-bond donors (Lipinski definition) is 2. The predicted octanol–water partition coefficient (Wildman–Crippen LogP) is 3.75. The second-order valence-electron chi connectivity index (χ2n) is 7.07. The minimum atomic E-state index is -0.381. The fourth-order valence-electron chi connectivity index (χ4n) is 3.65. The zero-order chi connectivity index (χ0) is 21.7. The first kappa shape index (κ1) is 21.9. The van der Waals surface area contributed by atoms with E-state index < -0.39 is 0 Å². The van der Waals surface area contributed by atoms with Crippen molar-refractivity contribution in [2.75, 3.05) is 25.0 Å². The Bertz CT molecular complexity index is 1020. The molecule has 8 heteroatoms. The number of urea groups is 1. The van der Waals surface area contributed by atoms with E-state index in [-0.39, 0.29) is 23.3 Å². The molecule has 2 amide bonds. The zero-order valence-electron chi connectivity index (χ0n) is 17.9. The maximum absolute atomic E-state index is 13.0. The standard InChI is InChI=1S/C22H29N5O2S/c1-5-26(6-2)19(17-12-13-30-15-17)14-23-22(29)24-20-16(3)25(4)27(21(20)28)18-10-8-7-9-11-18/h7-13,15,19H,5-6,14H2,1-4H3,(H2,23,24,29). The van der Waals surface area contributed by atoms with E-state index in [1.54, 1.807) is 27.7 Å². The number of hydrogen-bond acceptors (Lipinski definition) is 4. The molecule has 30 heavy (non-hydrogen) atoms. The third kappa shape index (κ3) is 4.49. The van der Waals surface area contributed by atoms with Crippen molar-refractivity contribution >= 4 is 23.1 Å². The molecule has 0 aliphatic rings. The molecule has 0 radical (unpaired) electrons. The number of likely N-dealkylation sites (N-methyl/N-ethyl adjacent to an activating group) is 1. The van der Waals surface area contributed by atoms with Crippen LogP contribution in [0.25, 0.3) is 5.69 Å². The number of aromatic nitrogens is 2. The van der Waals surface area contributed by atoms with E-state index in [4.69, 9.17) is 0 Å². The molecule has 0 saturated carbocycles. The van der Waals surface area contributed by atoms with Gasteiger partial charge >= 0.3 is 6.03 Å². The Morgan fingerprint density at radius 2 is 1.87 bits per heavy atom. The molecule has 2 N–H and O–H groups in total. The first-order valence-corrected chi connectivity index (χ1v) is 11.1. The van der Waals surface area contributed by atoms with Gasteiger partial charge in [0.05, 0.1) is 17.4 Å². The van der Waals surface area contributed by atoms with Gasteiger partial charge in [-0.3, -0.25) is 14.4 Å². The van der Waals surface area contributed by atoms with Crippen LogP contribution in [0.15, 0.2) is 52.0 Å². The molecule has 7 nitrogen and oxygen atoms in total. The topological polar surface area (TPSA) is 71.3 Å². The summed E-state index contributed by atoms with van der Waals surface area (Å²) in [5.41, 5.74) is 2.66. The van der Waals surface area contributed by atoms with Crippen LogP contribution in [0.3, 0.4) is 0 Å². The predicted molar refractivity (Wildman–Crippen MR) is 123 cm³/mol. The number of anilines is 1. The molecule has 0 aliphatic heterocycles. The molecule has 0 bridgehead atoms. The van der Waals surface area contributed by atoms with E-state index >= 15 is 0 Å². The number of carbonyl (C=O) groups is 1. The number of amides is 2. The van der Waals surface area contributed by atoms with Crippen molar-refractivity contribution in [1.29, 1.82) is 0 Å². The van der Waals surface area contributed by atoms with Crippen molar-refractivity contribution in [3.63, 3.8) is 0 Å². The Kier molecular flexibility index (Phi) is 7.12. The van der Waals surface area contributed by atoms with Crippen LogP contribution in [-0.2, 0) is 7.05 Å². The number of carbonyl (C=O) groups excluding carboxylic acids is 1. The van der Waals surface area contributed by atoms with Gasteiger partial charge < -0.3 is 10.6 Å². The largest absolute Gasteiger partial charge is 0.336 e. The summed E-state index contributed by atoms with van der Waals surface area (Å²) in [6.07, 6.45) is 0. The Morgan fingerprint density at radius 1 is 1.17 bits per heavy atom. The van der Waals surface area contributed by atoms with E-state index in [9.17, 15) is 9.59 Å². The molecule has 2 aromatic heterocycles. The number of rotatable bonds is 8. The van der Waals surface area contributed by atoms with Crippen molar-refractivity contribution < 1.29 is 4.79 Å². The molecular weight excluding hydrogens is 398 g/mol. The third-order valence-corrected chi connectivity index (χ3v) is 6.13. The van der Waals surface area contributed by atoms with Gasteiger partial charge in [-0.05, 0) is 54.5 Å². The van der Waals surface area contributed by atoms with Crippen molar-refractivity contribution in [2.45, 2.75) is 26.8 Å². The quantitative estimate of drug-likeness (QED) is 0.575. The van der Waals surface area contributed by atoms with E-state index in [0.29, 0.717) is 12.2 Å². The molecule has 0 saturated heterocycles.